The molecule has 0 saturated carbocycles. The summed E-state index contributed by atoms with van der Waals surface area (Å²) in [6, 6.07) is 4.94. The lowest BCUT2D eigenvalue weighted by atomic mass is 10.1. The van der Waals surface area contributed by atoms with E-state index in [0.29, 0.717) is 16.3 Å². The van der Waals surface area contributed by atoms with Gasteiger partial charge in [-0.1, -0.05) is 17.7 Å². The molecule has 0 aromatic heterocycles. The first kappa shape index (κ1) is 14.8. The van der Waals surface area contributed by atoms with Gasteiger partial charge in [-0.3, -0.25) is 5.32 Å². The Morgan fingerprint density at radius 2 is 2.06 bits per heavy atom. The zero-order chi connectivity index (χ0) is 13.9. The number of aliphatic hydroxyl groups is 1. The van der Waals surface area contributed by atoms with Crippen molar-refractivity contribution in [2.75, 3.05) is 5.32 Å². The number of carbonyl (C=O) groups excluding carboxylic acids is 1. The third kappa shape index (κ3) is 4.55. The fourth-order valence-electron chi connectivity index (χ4n) is 1.31. The highest BCUT2D eigenvalue weighted by Gasteiger charge is 2.17. The lowest BCUT2D eigenvalue weighted by molar-refractivity contribution is 0.0636. The molecular weight excluding hydrogens is 254 g/mol. The van der Waals surface area contributed by atoms with Crippen LogP contribution >= 0.6 is 11.6 Å². The summed E-state index contributed by atoms with van der Waals surface area (Å²) in [4.78, 5) is 11.6. The Labute approximate surface area is 112 Å². The normalized spacial score (nSPS) is 13.0. The van der Waals surface area contributed by atoms with Crippen molar-refractivity contribution < 1.29 is 14.6 Å². The number of benzene rings is 1. The molecule has 1 rings (SSSR count). The monoisotopic (exact) mass is 271 g/mol. The van der Waals surface area contributed by atoms with Crippen molar-refractivity contribution in [2.45, 2.75) is 39.4 Å². The Morgan fingerprint density at radius 1 is 1.44 bits per heavy atom. The largest absolute Gasteiger partial charge is 0.444 e. The number of amides is 1. The van der Waals surface area contributed by atoms with Crippen LogP contribution in [0.1, 0.15) is 39.4 Å². The molecule has 0 bridgehead atoms. The van der Waals surface area contributed by atoms with E-state index in [1.54, 1.807) is 45.9 Å². The van der Waals surface area contributed by atoms with Crippen molar-refractivity contribution in [3.63, 3.8) is 0 Å². The predicted molar refractivity (Wildman–Crippen MR) is 71.9 cm³/mol. The summed E-state index contributed by atoms with van der Waals surface area (Å²) < 4.78 is 5.13. The molecule has 0 aliphatic carbocycles. The fourth-order valence-corrected chi connectivity index (χ4v) is 1.48. The summed E-state index contributed by atoms with van der Waals surface area (Å²) in [5.41, 5.74) is 0.521. The number of hydrogen-bond acceptors (Lipinski definition) is 3. The molecule has 0 fully saturated rings. The molecule has 2 N–H and O–H groups in total. The van der Waals surface area contributed by atoms with Crippen molar-refractivity contribution in [3.8, 4) is 0 Å². The highest BCUT2D eigenvalue weighted by molar-refractivity contribution is 6.33. The molecule has 5 heteroatoms. The van der Waals surface area contributed by atoms with E-state index < -0.39 is 17.8 Å². The summed E-state index contributed by atoms with van der Waals surface area (Å²) in [5, 5.41) is 12.4. The Hall–Kier alpha value is -1.26. The van der Waals surface area contributed by atoms with Crippen LogP contribution in [-0.4, -0.2) is 16.8 Å². The molecule has 1 aromatic carbocycles. The predicted octanol–water partition coefficient (Wildman–Crippen LogP) is 3.74. The Kier molecular flexibility index (Phi) is 4.59. The number of anilines is 1. The molecule has 0 aliphatic heterocycles. The van der Waals surface area contributed by atoms with Gasteiger partial charge in [0.15, 0.2) is 0 Å². The lowest BCUT2D eigenvalue weighted by Gasteiger charge is -2.20. The van der Waals surface area contributed by atoms with Gasteiger partial charge in [0.05, 0.1) is 16.8 Å². The van der Waals surface area contributed by atoms with E-state index in [-0.39, 0.29) is 0 Å². The second-order valence-corrected chi connectivity index (χ2v) is 5.45. The average molecular weight is 272 g/mol. The van der Waals surface area contributed by atoms with Gasteiger partial charge in [-0.15, -0.1) is 0 Å². The molecule has 100 valence electrons. The van der Waals surface area contributed by atoms with E-state index in [4.69, 9.17) is 16.3 Å². The number of hydrogen-bond donors (Lipinski definition) is 2. The van der Waals surface area contributed by atoms with E-state index in [9.17, 15) is 9.90 Å². The molecule has 0 aliphatic rings. The van der Waals surface area contributed by atoms with Gasteiger partial charge in [0.1, 0.15) is 5.60 Å². The first-order valence-electron chi connectivity index (χ1n) is 5.66. The maximum atomic E-state index is 11.6. The zero-order valence-corrected chi connectivity index (χ0v) is 11.7. The lowest BCUT2D eigenvalue weighted by Crippen LogP contribution is -2.27. The van der Waals surface area contributed by atoms with Gasteiger partial charge in [0.2, 0.25) is 0 Å². The van der Waals surface area contributed by atoms with E-state index in [1.165, 1.54) is 0 Å². The van der Waals surface area contributed by atoms with Gasteiger partial charge in [0.25, 0.3) is 0 Å². The van der Waals surface area contributed by atoms with Gasteiger partial charge in [-0.25, -0.2) is 4.79 Å². The topological polar surface area (TPSA) is 58.6 Å². The number of ether oxygens (including phenoxy) is 1. The summed E-state index contributed by atoms with van der Waals surface area (Å²) in [6.45, 7) is 6.97. The van der Waals surface area contributed by atoms with Crippen LogP contribution in [0, 0.1) is 0 Å². The highest BCUT2D eigenvalue weighted by atomic mass is 35.5. The Balaban J connectivity index is 2.84. The van der Waals surface area contributed by atoms with Crippen molar-refractivity contribution >= 4 is 23.4 Å². The van der Waals surface area contributed by atoms with Gasteiger partial charge < -0.3 is 9.84 Å². The Morgan fingerprint density at radius 3 is 2.56 bits per heavy atom. The van der Waals surface area contributed by atoms with Crippen LogP contribution in [0.2, 0.25) is 5.02 Å². The quantitative estimate of drug-likeness (QED) is 0.861. The second-order valence-electron chi connectivity index (χ2n) is 5.04. The molecular formula is C13H18ClNO3. The van der Waals surface area contributed by atoms with Crippen molar-refractivity contribution in [2.24, 2.45) is 0 Å². The number of aliphatic hydroxyl groups excluding tert-OH is 1. The van der Waals surface area contributed by atoms with E-state index in [2.05, 4.69) is 5.32 Å². The van der Waals surface area contributed by atoms with E-state index in [0.717, 1.165) is 0 Å². The van der Waals surface area contributed by atoms with Crippen LogP contribution in [0.5, 0.6) is 0 Å². The average Bonchev–Trinajstić information content (AvgIpc) is 2.18. The third-order valence-corrected chi connectivity index (χ3v) is 2.44. The maximum Gasteiger partial charge on any atom is 0.412 e. The number of carbonyl (C=O) groups is 1. The van der Waals surface area contributed by atoms with E-state index >= 15 is 0 Å². The number of rotatable bonds is 2. The molecule has 1 atom stereocenters. The smallest absolute Gasteiger partial charge is 0.412 e. The highest BCUT2D eigenvalue weighted by Crippen LogP contribution is 2.26. The number of halogens is 1. The van der Waals surface area contributed by atoms with Crippen LogP contribution < -0.4 is 5.32 Å². The fraction of sp³-hybridized carbons (Fsp3) is 0.462. The van der Waals surface area contributed by atoms with Crippen LogP contribution in [0.25, 0.3) is 0 Å². The minimum atomic E-state index is -0.624. The van der Waals surface area contributed by atoms with Crippen molar-refractivity contribution in [1.82, 2.24) is 0 Å². The molecule has 0 radical (unpaired) electrons. The molecule has 0 unspecified atom stereocenters. The van der Waals surface area contributed by atoms with Crippen molar-refractivity contribution in [3.05, 3.63) is 28.8 Å². The minimum absolute atomic E-state index is 0.394. The van der Waals surface area contributed by atoms with Gasteiger partial charge >= 0.3 is 6.09 Å². The standard InChI is InChI=1S/C13H18ClNO3/c1-8(16)9-5-6-10(14)11(7-9)15-12(17)18-13(2,3)4/h5-8,16H,1-4H3,(H,15,17)/t8-/m1/s1. The maximum absolute atomic E-state index is 11.6. The van der Waals surface area contributed by atoms with Crippen LogP contribution in [-0.2, 0) is 4.74 Å². The SMILES string of the molecule is C[C@@H](O)c1ccc(Cl)c(NC(=O)OC(C)(C)C)c1. The first-order chi connectivity index (χ1) is 8.19. The number of nitrogens with one attached hydrogen (secondary N) is 1. The molecule has 0 saturated heterocycles. The van der Waals surface area contributed by atoms with Gasteiger partial charge in [-0.2, -0.15) is 0 Å². The summed E-state index contributed by atoms with van der Waals surface area (Å²) in [6.07, 6.45) is -1.20. The van der Waals surface area contributed by atoms with Gasteiger partial charge in [0, 0.05) is 0 Å². The molecule has 4 nitrogen and oxygen atoms in total. The summed E-state index contributed by atoms with van der Waals surface area (Å²) >= 11 is 5.96. The summed E-state index contributed by atoms with van der Waals surface area (Å²) in [5.74, 6) is 0. The molecule has 1 amide bonds. The Bertz CT molecular complexity index is 438. The zero-order valence-electron chi connectivity index (χ0n) is 11.0. The van der Waals surface area contributed by atoms with Crippen molar-refractivity contribution in [1.29, 1.82) is 0 Å². The van der Waals surface area contributed by atoms with Crippen LogP contribution in [0.3, 0.4) is 0 Å². The first-order valence-corrected chi connectivity index (χ1v) is 6.04. The van der Waals surface area contributed by atoms with Crippen LogP contribution in [0.4, 0.5) is 10.5 Å². The third-order valence-electron chi connectivity index (χ3n) is 2.11. The minimum Gasteiger partial charge on any atom is -0.444 e. The molecule has 1 aromatic rings. The second kappa shape index (κ2) is 5.59. The van der Waals surface area contributed by atoms with E-state index in [1.807, 2.05) is 0 Å². The molecule has 18 heavy (non-hydrogen) atoms. The van der Waals surface area contributed by atoms with Gasteiger partial charge in [-0.05, 0) is 45.4 Å². The summed E-state index contributed by atoms with van der Waals surface area (Å²) in [7, 11) is 0. The molecule has 0 heterocycles. The molecule has 0 spiro atoms. The van der Waals surface area contributed by atoms with Crippen LogP contribution in [0.15, 0.2) is 18.2 Å².